The summed E-state index contributed by atoms with van der Waals surface area (Å²) in [5.74, 6) is 1.61. The van der Waals surface area contributed by atoms with Gasteiger partial charge in [0.15, 0.2) is 15.8 Å². The van der Waals surface area contributed by atoms with Crippen LogP contribution in [0.5, 0.6) is 0 Å². The molecular formula is C18H36IN3O4S. The van der Waals surface area contributed by atoms with E-state index in [9.17, 15) is 8.42 Å². The first kappa shape index (κ1) is 24.9. The van der Waals surface area contributed by atoms with Crippen molar-refractivity contribution in [2.24, 2.45) is 10.9 Å². The zero-order valence-corrected chi connectivity index (χ0v) is 20.1. The van der Waals surface area contributed by atoms with Crippen LogP contribution in [0.15, 0.2) is 4.99 Å². The molecule has 2 saturated heterocycles. The number of hydrogen-bond acceptors (Lipinski definition) is 5. The monoisotopic (exact) mass is 517 g/mol. The highest BCUT2D eigenvalue weighted by Gasteiger charge is 2.40. The van der Waals surface area contributed by atoms with Gasteiger partial charge in [0.2, 0.25) is 0 Å². The van der Waals surface area contributed by atoms with E-state index in [4.69, 9.17) is 9.47 Å². The van der Waals surface area contributed by atoms with Gasteiger partial charge in [0.1, 0.15) is 0 Å². The van der Waals surface area contributed by atoms with Gasteiger partial charge in [0.05, 0.1) is 10.5 Å². The van der Waals surface area contributed by atoms with Crippen LogP contribution >= 0.6 is 24.0 Å². The Labute approximate surface area is 181 Å². The quantitative estimate of drug-likeness (QED) is 0.241. The average molecular weight is 517 g/mol. The van der Waals surface area contributed by atoms with Crippen LogP contribution in [-0.2, 0) is 19.3 Å². The molecule has 9 heteroatoms. The van der Waals surface area contributed by atoms with Crippen LogP contribution in [0.25, 0.3) is 0 Å². The maximum atomic E-state index is 12.2. The molecule has 160 valence electrons. The zero-order valence-electron chi connectivity index (χ0n) is 16.9. The van der Waals surface area contributed by atoms with Gasteiger partial charge in [0.25, 0.3) is 0 Å². The lowest BCUT2D eigenvalue weighted by Crippen LogP contribution is -2.57. The first-order valence-electron chi connectivity index (χ1n) is 9.77. The summed E-state index contributed by atoms with van der Waals surface area (Å²) in [4.78, 5) is 6.73. The van der Waals surface area contributed by atoms with Crippen molar-refractivity contribution in [1.29, 1.82) is 0 Å². The van der Waals surface area contributed by atoms with Crippen molar-refractivity contribution >= 4 is 39.8 Å². The second kappa shape index (κ2) is 11.8. The predicted molar refractivity (Wildman–Crippen MR) is 120 cm³/mol. The number of rotatable bonds is 7. The molecule has 2 aliphatic rings. The molecule has 0 aromatic heterocycles. The molecule has 0 aliphatic carbocycles. The molecule has 0 radical (unpaired) electrons. The largest absolute Gasteiger partial charge is 0.381 e. The Morgan fingerprint density at radius 1 is 1.33 bits per heavy atom. The molecule has 7 nitrogen and oxygen atoms in total. The molecule has 0 atom stereocenters. The summed E-state index contributed by atoms with van der Waals surface area (Å²) in [5, 5.41) is 3.29. The van der Waals surface area contributed by atoms with Gasteiger partial charge in [-0.2, -0.15) is 0 Å². The van der Waals surface area contributed by atoms with E-state index in [1.807, 2.05) is 6.92 Å². The van der Waals surface area contributed by atoms with Crippen LogP contribution in [0.1, 0.15) is 40.0 Å². The smallest absolute Gasteiger partial charge is 0.193 e. The van der Waals surface area contributed by atoms with E-state index in [0.717, 1.165) is 51.6 Å². The highest BCUT2D eigenvalue weighted by molar-refractivity contribution is 14.0. The van der Waals surface area contributed by atoms with Gasteiger partial charge in [-0.05, 0) is 46.0 Å². The Hall–Kier alpha value is -0.130. The van der Waals surface area contributed by atoms with Crippen LogP contribution in [0.3, 0.4) is 0 Å². The van der Waals surface area contributed by atoms with Crippen LogP contribution < -0.4 is 5.32 Å². The molecule has 0 bridgehead atoms. The van der Waals surface area contributed by atoms with Crippen molar-refractivity contribution < 1.29 is 17.9 Å². The third kappa shape index (κ3) is 7.66. The molecule has 2 fully saturated rings. The molecular weight excluding hydrogens is 481 g/mol. The minimum Gasteiger partial charge on any atom is -0.381 e. The third-order valence-corrected chi connectivity index (χ3v) is 7.61. The number of guanidine groups is 1. The fourth-order valence-electron chi connectivity index (χ4n) is 3.26. The van der Waals surface area contributed by atoms with Crippen molar-refractivity contribution in [1.82, 2.24) is 10.2 Å². The Kier molecular flexibility index (Phi) is 10.9. The fraction of sp³-hybridized carbons (Fsp3) is 0.944. The number of nitrogens with one attached hydrogen (secondary N) is 1. The summed E-state index contributed by atoms with van der Waals surface area (Å²) < 4.78 is 34.8. The lowest BCUT2D eigenvalue weighted by molar-refractivity contribution is 0.0205. The molecule has 2 aliphatic heterocycles. The topological polar surface area (TPSA) is 80.2 Å². The van der Waals surface area contributed by atoms with Gasteiger partial charge < -0.3 is 19.7 Å². The van der Waals surface area contributed by atoms with Gasteiger partial charge in [0, 0.05) is 52.6 Å². The van der Waals surface area contributed by atoms with Crippen molar-refractivity contribution in [3.05, 3.63) is 0 Å². The summed E-state index contributed by atoms with van der Waals surface area (Å²) in [6.07, 6.45) is 3.06. The summed E-state index contributed by atoms with van der Waals surface area (Å²) in [5.41, 5.74) is 0. The van der Waals surface area contributed by atoms with E-state index < -0.39 is 14.6 Å². The lowest BCUT2D eigenvalue weighted by Gasteiger charge is -2.39. The molecule has 1 N–H and O–H groups in total. The fourth-order valence-corrected chi connectivity index (χ4v) is 4.63. The Balaban J connectivity index is 0.00000364. The second-order valence-corrected chi connectivity index (χ2v) is 10.5. The molecule has 0 aromatic rings. The number of halogens is 1. The van der Waals surface area contributed by atoms with Crippen molar-refractivity contribution in [2.75, 3.05) is 58.4 Å². The SMILES string of the molecule is CCNC(=NCCCOCC1CCOCC1)N1CCS(=O)(=O)C(C)(C)C1.I. The molecule has 0 unspecified atom stereocenters. The second-order valence-electron chi connectivity index (χ2n) is 7.72. The van der Waals surface area contributed by atoms with E-state index in [1.165, 1.54) is 0 Å². The van der Waals surface area contributed by atoms with Gasteiger partial charge in [-0.3, -0.25) is 4.99 Å². The molecule has 0 aromatic carbocycles. The summed E-state index contributed by atoms with van der Waals surface area (Å²) in [7, 11) is -3.04. The summed E-state index contributed by atoms with van der Waals surface area (Å²) >= 11 is 0. The molecule has 27 heavy (non-hydrogen) atoms. The highest BCUT2D eigenvalue weighted by atomic mass is 127. The zero-order chi connectivity index (χ0) is 19.0. The van der Waals surface area contributed by atoms with Gasteiger partial charge in [-0.1, -0.05) is 0 Å². The molecule has 0 amide bonds. The van der Waals surface area contributed by atoms with Gasteiger partial charge in [-0.15, -0.1) is 24.0 Å². The summed E-state index contributed by atoms with van der Waals surface area (Å²) in [6.45, 7) is 11.3. The molecule has 0 spiro atoms. The Morgan fingerprint density at radius 3 is 2.67 bits per heavy atom. The Morgan fingerprint density at radius 2 is 2.04 bits per heavy atom. The van der Waals surface area contributed by atoms with Crippen molar-refractivity contribution in [3.8, 4) is 0 Å². The maximum Gasteiger partial charge on any atom is 0.193 e. The van der Waals surface area contributed by atoms with Gasteiger partial charge in [-0.25, -0.2) is 8.42 Å². The lowest BCUT2D eigenvalue weighted by atomic mass is 10.0. The normalized spacial score (nSPS) is 22.9. The van der Waals surface area contributed by atoms with Crippen LogP contribution in [0.2, 0.25) is 0 Å². The molecule has 2 rings (SSSR count). The van der Waals surface area contributed by atoms with E-state index in [2.05, 4.69) is 15.2 Å². The molecule has 0 saturated carbocycles. The van der Waals surface area contributed by atoms with Crippen LogP contribution in [0, 0.1) is 5.92 Å². The number of ether oxygens (including phenoxy) is 2. The standard InChI is InChI=1S/C18H35N3O4S.HI/c1-4-19-17(21-9-13-26(22,23)18(2,3)15-21)20-8-5-10-25-14-16-6-11-24-12-7-16;/h16H,4-15H2,1-3H3,(H,19,20);1H. The van der Waals surface area contributed by atoms with E-state index in [1.54, 1.807) is 13.8 Å². The average Bonchev–Trinajstić information content (AvgIpc) is 2.60. The van der Waals surface area contributed by atoms with Gasteiger partial charge >= 0.3 is 0 Å². The Bertz CT molecular complexity index is 563. The molecule has 2 heterocycles. The first-order valence-corrected chi connectivity index (χ1v) is 11.4. The maximum absolute atomic E-state index is 12.2. The van der Waals surface area contributed by atoms with E-state index in [-0.39, 0.29) is 29.7 Å². The number of sulfone groups is 1. The van der Waals surface area contributed by atoms with Crippen LogP contribution in [-0.4, -0.2) is 82.4 Å². The minimum atomic E-state index is -3.04. The predicted octanol–water partition coefficient (Wildman–Crippen LogP) is 1.91. The van der Waals surface area contributed by atoms with Crippen molar-refractivity contribution in [2.45, 2.75) is 44.8 Å². The number of nitrogens with zero attached hydrogens (tertiary/aromatic N) is 2. The summed E-state index contributed by atoms with van der Waals surface area (Å²) in [6, 6.07) is 0. The number of hydrogen-bond donors (Lipinski definition) is 1. The van der Waals surface area contributed by atoms with Crippen LogP contribution in [0.4, 0.5) is 0 Å². The van der Waals surface area contributed by atoms with E-state index >= 15 is 0 Å². The minimum absolute atomic E-state index is 0. The third-order valence-electron chi connectivity index (χ3n) is 5.08. The number of aliphatic imine (C=N–C) groups is 1. The van der Waals surface area contributed by atoms with E-state index in [0.29, 0.717) is 32.2 Å². The van der Waals surface area contributed by atoms with Crippen molar-refractivity contribution in [3.63, 3.8) is 0 Å². The first-order chi connectivity index (χ1) is 12.4. The highest BCUT2D eigenvalue weighted by Crippen LogP contribution is 2.23.